The van der Waals surface area contributed by atoms with Crippen molar-refractivity contribution in [2.45, 2.75) is 6.92 Å². The average Bonchev–Trinajstić information content (AvgIpc) is 2.66. The molecule has 2 rings (SSSR count). The van der Waals surface area contributed by atoms with Gasteiger partial charge in [-0.3, -0.25) is 0 Å². The summed E-state index contributed by atoms with van der Waals surface area (Å²) in [5.74, 6) is 1.15. The van der Waals surface area contributed by atoms with Crippen molar-refractivity contribution in [1.29, 1.82) is 0 Å². The van der Waals surface area contributed by atoms with Gasteiger partial charge in [-0.25, -0.2) is 14.6 Å². The summed E-state index contributed by atoms with van der Waals surface area (Å²) in [6, 6.07) is 1.70. The van der Waals surface area contributed by atoms with E-state index in [-0.39, 0.29) is 0 Å². The lowest BCUT2D eigenvalue weighted by atomic mass is 10.5. The van der Waals surface area contributed by atoms with Gasteiger partial charge in [-0.15, -0.1) is 0 Å². The van der Waals surface area contributed by atoms with Gasteiger partial charge in [0.2, 0.25) is 5.88 Å². The van der Waals surface area contributed by atoms with Crippen LogP contribution in [0.25, 0.3) is 5.82 Å². The van der Waals surface area contributed by atoms with Crippen LogP contribution in [0.2, 0.25) is 0 Å². The van der Waals surface area contributed by atoms with Gasteiger partial charge in [0.25, 0.3) is 0 Å². The molecule has 0 aliphatic heterocycles. The van der Waals surface area contributed by atoms with Gasteiger partial charge in [-0.1, -0.05) is 0 Å². The maximum atomic E-state index is 5.55. The van der Waals surface area contributed by atoms with Crippen molar-refractivity contribution < 1.29 is 4.74 Å². The summed E-state index contributed by atoms with van der Waals surface area (Å²) in [6.07, 6.45) is 4.67. The maximum absolute atomic E-state index is 5.55. The van der Waals surface area contributed by atoms with Crippen LogP contribution in [-0.4, -0.2) is 26.4 Å². The summed E-state index contributed by atoms with van der Waals surface area (Å²) in [6.45, 7) is 2.46. The first-order valence-corrected chi connectivity index (χ1v) is 4.55. The highest BCUT2D eigenvalue weighted by Gasteiger charge is 2.02. The highest BCUT2D eigenvalue weighted by molar-refractivity contribution is 5.35. The smallest absolute Gasteiger partial charge is 0.218 e. The quantitative estimate of drug-likeness (QED) is 0.795. The van der Waals surface area contributed by atoms with E-state index in [9.17, 15) is 0 Å². The average molecular weight is 205 g/mol. The van der Waals surface area contributed by atoms with Gasteiger partial charge < -0.3 is 10.5 Å². The normalized spacial score (nSPS) is 10.2. The van der Waals surface area contributed by atoms with Gasteiger partial charge in [0, 0.05) is 6.07 Å². The van der Waals surface area contributed by atoms with E-state index < -0.39 is 0 Å². The van der Waals surface area contributed by atoms with E-state index in [1.165, 1.54) is 6.33 Å². The summed E-state index contributed by atoms with van der Waals surface area (Å²) in [5, 5.41) is 4.03. The summed E-state index contributed by atoms with van der Waals surface area (Å²) in [7, 11) is 0. The van der Waals surface area contributed by atoms with Gasteiger partial charge in [-0.05, 0) is 6.92 Å². The van der Waals surface area contributed by atoms with Crippen molar-refractivity contribution >= 4 is 5.69 Å². The van der Waals surface area contributed by atoms with Gasteiger partial charge in [0.15, 0.2) is 5.82 Å². The molecule has 2 aromatic heterocycles. The topological polar surface area (TPSA) is 78.9 Å². The Morgan fingerprint density at radius 3 is 3.00 bits per heavy atom. The lowest BCUT2D eigenvalue weighted by Crippen LogP contribution is -2.01. The minimum absolute atomic E-state index is 0.525. The molecule has 0 radical (unpaired) electrons. The molecule has 0 amide bonds. The molecule has 0 saturated carbocycles. The standard InChI is InChI=1S/C9H11N5O/c1-2-15-9-3-8(11-6-12-9)14-5-7(10)4-13-14/h3-6H,2,10H2,1H3. The minimum Gasteiger partial charge on any atom is -0.478 e. The Balaban J connectivity index is 2.32. The van der Waals surface area contributed by atoms with E-state index >= 15 is 0 Å². The monoisotopic (exact) mass is 205 g/mol. The van der Waals surface area contributed by atoms with Crippen LogP contribution in [0.4, 0.5) is 5.69 Å². The van der Waals surface area contributed by atoms with Crippen LogP contribution in [0.1, 0.15) is 6.92 Å². The summed E-state index contributed by atoms with van der Waals surface area (Å²) in [5.41, 5.74) is 6.14. The Kier molecular flexibility index (Phi) is 2.49. The molecule has 0 atom stereocenters. The van der Waals surface area contributed by atoms with Crippen LogP contribution in [-0.2, 0) is 0 Å². The van der Waals surface area contributed by atoms with Crippen molar-refractivity contribution in [2.24, 2.45) is 0 Å². The molecule has 0 aromatic carbocycles. The second-order valence-corrected chi connectivity index (χ2v) is 2.87. The summed E-state index contributed by atoms with van der Waals surface area (Å²) in [4.78, 5) is 8.01. The second kappa shape index (κ2) is 3.95. The summed E-state index contributed by atoms with van der Waals surface area (Å²) >= 11 is 0. The molecular weight excluding hydrogens is 194 g/mol. The van der Waals surface area contributed by atoms with Crippen molar-refractivity contribution in [1.82, 2.24) is 19.7 Å². The highest BCUT2D eigenvalue weighted by Crippen LogP contribution is 2.11. The third-order valence-corrected chi connectivity index (χ3v) is 1.76. The number of hydrogen-bond donors (Lipinski definition) is 1. The van der Waals surface area contributed by atoms with Gasteiger partial charge >= 0.3 is 0 Å². The molecular formula is C9H11N5O. The Labute approximate surface area is 86.7 Å². The van der Waals surface area contributed by atoms with Gasteiger partial charge in [0.05, 0.1) is 24.7 Å². The van der Waals surface area contributed by atoms with Crippen LogP contribution in [0.15, 0.2) is 24.8 Å². The maximum Gasteiger partial charge on any atom is 0.218 e. The molecule has 0 aliphatic rings. The first-order valence-electron chi connectivity index (χ1n) is 4.55. The van der Waals surface area contributed by atoms with E-state index in [0.29, 0.717) is 24.0 Å². The van der Waals surface area contributed by atoms with Crippen LogP contribution < -0.4 is 10.5 Å². The first-order chi connectivity index (χ1) is 7.29. The number of hydrogen-bond acceptors (Lipinski definition) is 5. The largest absolute Gasteiger partial charge is 0.478 e. The fourth-order valence-electron chi connectivity index (χ4n) is 1.14. The molecule has 6 nitrogen and oxygen atoms in total. The van der Waals surface area contributed by atoms with E-state index in [2.05, 4.69) is 15.1 Å². The predicted molar refractivity (Wildman–Crippen MR) is 54.7 cm³/mol. The molecule has 6 heteroatoms. The molecule has 0 bridgehead atoms. The van der Waals surface area contributed by atoms with Crippen molar-refractivity contribution in [2.75, 3.05) is 12.3 Å². The summed E-state index contributed by atoms with van der Waals surface area (Å²) < 4.78 is 6.82. The van der Waals surface area contributed by atoms with Crippen LogP contribution >= 0.6 is 0 Å². The zero-order valence-corrected chi connectivity index (χ0v) is 8.29. The highest BCUT2D eigenvalue weighted by atomic mass is 16.5. The van der Waals surface area contributed by atoms with Crippen LogP contribution in [0, 0.1) is 0 Å². The number of anilines is 1. The predicted octanol–water partition coefficient (Wildman–Crippen LogP) is 0.643. The van der Waals surface area contributed by atoms with Crippen molar-refractivity contribution in [3.63, 3.8) is 0 Å². The van der Waals surface area contributed by atoms with E-state index in [0.717, 1.165) is 0 Å². The van der Waals surface area contributed by atoms with Gasteiger partial charge in [-0.2, -0.15) is 5.10 Å². The number of ether oxygens (including phenoxy) is 1. The van der Waals surface area contributed by atoms with Crippen LogP contribution in [0.3, 0.4) is 0 Å². The fraction of sp³-hybridized carbons (Fsp3) is 0.222. The first kappa shape index (κ1) is 9.45. The zero-order chi connectivity index (χ0) is 10.7. The number of nitrogens with zero attached hydrogens (tertiary/aromatic N) is 4. The third-order valence-electron chi connectivity index (χ3n) is 1.76. The zero-order valence-electron chi connectivity index (χ0n) is 8.29. The molecule has 0 unspecified atom stereocenters. The number of nitrogen functional groups attached to an aromatic ring is 1. The SMILES string of the molecule is CCOc1cc(-n2cc(N)cn2)ncn1. The number of nitrogens with two attached hydrogens (primary N) is 1. The molecule has 0 aliphatic carbocycles. The molecule has 15 heavy (non-hydrogen) atoms. The molecule has 0 fully saturated rings. The van der Waals surface area contributed by atoms with E-state index in [1.54, 1.807) is 23.1 Å². The lowest BCUT2D eigenvalue weighted by molar-refractivity contribution is 0.326. The number of aromatic nitrogens is 4. The minimum atomic E-state index is 0.525. The van der Waals surface area contributed by atoms with Gasteiger partial charge in [0.1, 0.15) is 6.33 Å². The number of rotatable bonds is 3. The second-order valence-electron chi connectivity index (χ2n) is 2.87. The van der Waals surface area contributed by atoms with E-state index in [4.69, 9.17) is 10.5 Å². The lowest BCUT2D eigenvalue weighted by Gasteiger charge is -2.03. The van der Waals surface area contributed by atoms with E-state index in [1.807, 2.05) is 6.92 Å². The molecule has 2 N–H and O–H groups in total. The Morgan fingerprint density at radius 2 is 2.33 bits per heavy atom. The molecule has 0 spiro atoms. The Bertz CT molecular complexity index is 453. The molecule has 2 aromatic rings. The van der Waals surface area contributed by atoms with Crippen molar-refractivity contribution in [3.8, 4) is 11.7 Å². The Hall–Kier alpha value is -2.11. The molecule has 0 saturated heterocycles. The molecule has 2 heterocycles. The van der Waals surface area contributed by atoms with Crippen molar-refractivity contribution in [3.05, 3.63) is 24.8 Å². The van der Waals surface area contributed by atoms with Crippen LogP contribution in [0.5, 0.6) is 5.88 Å². The Morgan fingerprint density at radius 1 is 1.47 bits per heavy atom. The molecule has 78 valence electrons. The third kappa shape index (κ3) is 2.04. The fourth-order valence-corrected chi connectivity index (χ4v) is 1.14.